The Labute approximate surface area is 209 Å². The summed E-state index contributed by atoms with van der Waals surface area (Å²) in [4.78, 5) is 21.1. The van der Waals surface area contributed by atoms with Gasteiger partial charge in [-0.05, 0) is 78.2 Å². The first kappa shape index (κ1) is 23.7. The Hall–Kier alpha value is -4.49. The number of hydrogen-bond donors (Lipinski definition) is 4. The molecule has 2 heterocycles. The second-order valence-corrected chi connectivity index (χ2v) is 8.20. The molecule has 4 aromatic rings. The van der Waals surface area contributed by atoms with E-state index in [1.807, 2.05) is 79.7 Å². The average molecular weight is 471 g/mol. The van der Waals surface area contributed by atoms with Crippen molar-refractivity contribution in [2.75, 3.05) is 11.1 Å². The van der Waals surface area contributed by atoms with Crippen LogP contribution in [0.3, 0.4) is 0 Å². The van der Waals surface area contributed by atoms with Gasteiger partial charge in [0.1, 0.15) is 0 Å². The van der Waals surface area contributed by atoms with Gasteiger partial charge in [0.05, 0.1) is 23.0 Å². The molecule has 0 saturated heterocycles. The van der Waals surface area contributed by atoms with Gasteiger partial charge in [-0.1, -0.05) is 24.3 Å². The number of pyridine rings is 2. The van der Waals surface area contributed by atoms with Crippen molar-refractivity contribution in [1.82, 2.24) is 15.3 Å². The lowest BCUT2D eigenvalue weighted by atomic mass is 10.0. The lowest BCUT2D eigenvalue weighted by Crippen LogP contribution is -2.23. The van der Waals surface area contributed by atoms with Crippen molar-refractivity contribution in [3.05, 3.63) is 119 Å². The Balaban J connectivity index is 0.00000241. The fraction of sp³-hybridized carbons (Fsp3) is 0.107. The zero-order valence-corrected chi connectivity index (χ0v) is 19.5. The average Bonchev–Trinajstić information content (AvgIpc) is 2.87. The maximum absolute atomic E-state index is 12.8. The maximum Gasteiger partial charge on any atom is 0.253 e. The largest absolute Gasteiger partial charge is 0.398 e. The van der Waals surface area contributed by atoms with Crippen LogP contribution in [-0.2, 0) is 6.54 Å². The van der Waals surface area contributed by atoms with Gasteiger partial charge in [0.2, 0.25) is 0 Å². The molecule has 2 aromatic heterocycles. The predicted molar refractivity (Wildman–Crippen MR) is 147 cm³/mol. The molecule has 0 bridgehead atoms. The van der Waals surface area contributed by atoms with Gasteiger partial charge in [-0.3, -0.25) is 14.8 Å². The minimum absolute atomic E-state index is 0. The van der Waals surface area contributed by atoms with Crippen LogP contribution >= 0.6 is 0 Å². The number of aromatic nitrogens is 2. The number of nitrogens with zero attached hydrogens (tertiary/aromatic N) is 2. The smallest absolute Gasteiger partial charge is 0.253 e. The van der Waals surface area contributed by atoms with E-state index in [9.17, 15) is 4.79 Å². The van der Waals surface area contributed by atoms with Crippen molar-refractivity contribution in [2.24, 2.45) is 5.73 Å². The van der Waals surface area contributed by atoms with Crippen molar-refractivity contribution in [3.63, 3.8) is 0 Å². The van der Waals surface area contributed by atoms with Gasteiger partial charge in [0, 0.05) is 40.8 Å². The Bertz CT molecular complexity index is 1350. The molecule has 1 atom stereocenters. The second kappa shape index (κ2) is 11.1. The summed E-state index contributed by atoms with van der Waals surface area (Å²) < 4.78 is 0. The molecule has 0 aliphatic heterocycles. The van der Waals surface area contributed by atoms with E-state index in [0.717, 1.165) is 28.1 Å². The van der Waals surface area contributed by atoms with E-state index in [4.69, 9.17) is 11.5 Å². The fourth-order valence-corrected chi connectivity index (χ4v) is 3.64. The lowest BCUT2D eigenvalue weighted by Gasteiger charge is -2.15. The Morgan fingerprint density at radius 1 is 1.06 bits per heavy atom. The van der Waals surface area contributed by atoms with Gasteiger partial charge in [0.15, 0.2) is 0 Å². The van der Waals surface area contributed by atoms with Crippen LogP contribution < -0.4 is 22.1 Å². The minimum Gasteiger partial charge on any atom is -0.398 e. The van der Waals surface area contributed by atoms with Gasteiger partial charge < -0.3 is 22.1 Å². The SMILES string of the molecule is Cc1ccnc(/C=C/C(N)c2ccc(Nc3ccccc3C(=O)NCc3ccncc3)cc2N)c1.[HH].[HH].[HH]. The van der Waals surface area contributed by atoms with Crippen LogP contribution in [0.1, 0.15) is 43.1 Å². The first-order valence-corrected chi connectivity index (χ1v) is 11.3. The van der Waals surface area contributed by atoms with E-state index in [1.165, 1.54) is 0 Å². The number of nitrogens with one attached hydrogen (secondary N) is 2. The topological polar surface area (TPSA) is 119 Å². The van der Waals surface area contributed by atoms with Crippen LogP contribution in [0.2, 0.25) is 0 Å². The fourth-order valence-electron chi connectivity index (χ4n) is 3.64. The van der Waals surface area contributed by atoms with Crippen LogP contribution in [-0.4, -0.2) is 15.9 Å². The second-order valence-electron chi connectivity index (χ2n) is 8.20. The molecule has 7 nitrogen and oxygen atoms in total. The maximum atomic E-state index is 12.8. The van der Waals surface area contributed by atoms with Gasteiger partial charge >= 0.3 is 0 Å². The van der Waals surface area contributed by atoms with Crippen molar-refractivity contribution in [2.45, 2.75) is 19.5 Å². The third kappa shape index (κ3) is 6.31. The van der Waals surface area contributed by atoms with Crippen molar-refractivity contribution in [3.8, 4) is 0 Å². The van der Waals surface area contributed by atoms with Gasteiger partial charge in [-0.2, -0.15) is 0 Å². The predicted octanol–water partition coefficient (Wildman–Crippen LogP) is 5.49. The summed E-state index contributed by atoms with van der Waals surface area (Å²) in [6, 6.07) is 20.2. The number of carbonyl (C=O) groups is 1. The third-order valence-corrected chi connectivity index (χ3v) is 5.51. The zero-order chi connectivity index (χ0) is 24.6. The summed E-state index contributed by atoms with van der Waals surface area (Å²) in [6.07, 6.45) is 8.94. The number of anilines is 3. The van der Waals surface area contributed by atoms with Crippen LogP contribution in [0.15, 0.2) is 91.4 Å². The van der Waals surface area contributed by atoms with Gasteiger partial charge in [-0.25, -0.2) is 0 Å². The lowest BCUT2D eigenvalue weighted by molar-refractivity contribution is 0.0951. The molecule has 1 unspecified atom stereocenters. The molecule has 0 aliphatic rings. The third-order valence-electron chi connectivity index (χ3n) is 5.51. The first-order valence-electron chi connectivity index (χ1n) is 11.3. The normalized spacial score (nSPS) is 11.8. The number of nitrogens with two attached hydrogens (primary N) is 2. The summed E-state index contributed by atoms with van der Waals surface area (Å²) in [5.41, 5.74) is 19.0. The van der Waals surface area contributed by atoms with Crippen LogP contribution in [0.25, 0.3) is 6.08 Å². The molecule has 4 rings (SSSR count). The van der Waals surface area contributed by atoms with Gasteiger partial charge in [0.25, 0.3) is 5.91 Å². The number of aryl methyl sites for hydroxylation is 1. The van der Waals surface area contributed by atoms with Crippen molar-refractivity contribution < 1.29 is 9.07 Å². The number of rotatable bonds is 8. The number of para-hydroxylation sites is 1. The summed E-state index contributed by atoms with van der Waals surface area (Å²) in [5.74, 6) is -0.175. The summed E-state index contributed by atoms with van der Waals surface area (Å²) in [7, 11) is 0. The van der Waals surface area contributed by atoms with E-state index < -0.39 is 0 Å². The molecule has 2 aromatic carbocycles. The van der Waals surface area contributed by atoms with Crippen LogP contribution in [0.4, 0.5) is 17.1 Å². The summed E-state index contributed by atoms with van der Waals surface area (Å²) >= 11 is 0. The summed E-state index contributed by atoms with van der Waals surface area (Å²) in [6.45, 7) is 2.44. The quantitative estimate of drug-likeness (QED) is 0.253. The minimum atomic E-state index is -0.377. The highest BCUT2D eigenvalue weighted by Crippen LogP contribution is 2.27. The van der Waals surface area contributed by atoms with Crippen molar-refractivity contribution >= 4 is 29.0 Å². The highest BCUT2D eigenvalue weighted by molar-refractivity contribution is 6.00. The monoisotopic (exact) mass is 470 g/mol. The Kier molecular flexibility index (Phi) is 7.50. The molecule has 6 N–H and O–H groups in total. The van der Waals surface area contributed by atoms with E-state index in [-0.39, 0.29) is 16.2 Å². The highest BCUT2D eigenvalue weighted by atomic mass is 16.1. The molecule has 35 heavy (non-hydrogen) atoms. The van der Waals surface area contributed by atoms with Gasteiger partial charge in [-0.15, -0.1) is 0 Å². The molecule has 0 spiro atoms. The van der Waals surface area contributed by atoms with E-state index in [1.54, 1.807) is 24.7 Å². The molecular formula is C28H34N6O. The highest BCUT2D eigenvalue weighted by Gasteiger charge is 2.12. The van der Waals surface area contributed by atoms with Crippen LogP contribution in [0.5, 0.6) is 0 Å². The van der Waals surface area contributed by atoms with E-state index >= 15 is 0 Å². The van der Waals surface area contributed by atoms with Crippen LogP contribution in [0, 0.1) is 6.92 Å². The first-order chi connectivity index (χ1) is 17.0. The standard InChI is InChI=1S/C28H28N6O.3H2/c1-19-10-15-32-21(16-19)7-9-25(29)23-8-6-22(17-26(23)30)34-27-5-3-2-4-24(27)28(35)33-18-20-11-13-31-14-12-20;;;/h2-17,25,34H,18,29-30H2,1H3,(H,33,35);3*1H/b9-7+;;;. The molecule has 0 radical (unpaired) electrons. The molecule has 182 valence electrons. The van der Waals surface area contributed by atoms with E-state index in [2.05, 4.69) is 20.6 Å². The molecular weight excluding hydrogens is 436 g/mol. The molecule has 0 fully saturated rings. The molecule has 0 aliphatic carbocycles. The number of carbonyl (C=O) groups excluding carboxylic acids is 1. The number of amides is 1. The zero-order valence-electron chi connectivity index (χ0n) is 19.5. The molecule has 1 amide bonds. The molecule has 0 saturated carbocycles. The number of hydrogen-bond acceptors (Lipinski definition) is 6. The van der Waals surface area contributed by atoms with Crippen molar-refractivity contribution in [1.29, 1.82) is 0 Å². The molecule has 7 heteroatoms. The number of nitrogen functional groups attached to an aromatic ring is 1. The Morgan fingerprint density at radius 2 is 1.86 bits per heavy atom. The Morgan fingerprint density at radius 3 is 2.63 bits per heavy atom. The summed E-state index contributed by atoms with van der Waals surface area (Å²) in [5, 5.41) is 6.25. The van der Waals surface area contributed by atoms with E-state index in [0.29, 0.717) is 23.5 Å². The number of benzene rings is 2.